The predicted octanol–water partition coefficient (Wildman–Crippen LogP) is -0.387. The van der Waals surface area contributed by atoms with E-state index in [0.29, 0.717) is 12.8 Å². The zero-order valence-electron chi connectivity index (χ0n) is 7.85. The second kappa shape index (κ2) is 4.27. The molecular formula is C8H15NO4S. The third-order valence-corrected chi connectivity index (χ3v) is 4.32. The smallest absolute Gasteiger partial charge is 0.303 e. The first kappa shape index (κ1) is 11.5. The average Bonchev–Trinajstić information content (AvgIpc) is 2.17. The van der Waals surface area contributed by atoms with Gasteiger partial charge in [0, 0.05) is 12.5 Å². The molecule has 0 amide bonds. The summed E-state index contributed by atoms with van der Waals surface area (Å²) in [5.41, 5.74) is 5.72. The number of carbonyl (C=O) groups is 1. The van der Waals surface area contributed by atoms with Crippen LogP contribution in [0.1, 0.15) is 19.3 Å². The number of rotatable bonds is 2. The van der Waals surface area contributed by atoms with Crippen molar-refractivity contribution in [1.29, 1.82) is 0 Å². The average molecular weight is 221 g/mol. The van der Waals surface area contributed by atoms with Gasteiger partial charge in [0.1, 0.15) is 9.84 Å². The fourth-order valence-corrected chi connectivity index (χ4v) is 3.17. The van der Waals surface area contributed by atoms with Crippen molar-refractivity contribution in [2.24, 2.45) is 11.7 Å². The van der Waals surface area contributed by atoms with Gasteiger partial charge in [0.15, 0.2) is 0 Å². The van der Waals surface area contributed by atoms with Crippen molar-refractivity contribution in [1.82, 2.24) is 0 Å². The largest absolute Gasteiger partial charge is 0.481 e. The SMILES string of the molecule is NC1CCS(=O)(=O)CCC1CC(=O)O. The Bertz CT molecular complexity index is 311. The van der Waals surface area contributed by atoms with Gasteiger partial charge in [0.2, 0.25) is 0 Å². The molecule has 3 N–H and O–H groups in total. The van der Waals surface area contributed by atoms with Crippen molar-refractivity contribution in [3.63, 3.8) is 0 Å². The molecule has 1 aliphatic rings. The summed E-state index contributed by atoms with van der Waals surface area (Å²) in [7, 11) is -2.99. The first-order valence-electron chi connectivity index (χ1n) is 4.58. The van der Waals surface area contributed by atoms with Crippen molar-refractivity contribution >= 4 is 15.8 Å². The molecule has 5 nitrogen and oxygen atoms in total. The molecule has 2 unspecified atom stereocenters. The van der Waals surface area contributed by atoms with E-state index in [0.717, 1.165) is 0 Å². The fraction of sp³-hybridized carbons (Fsp3) is 0.875. The molecule has 0 aromatic carbocycles. The van der Waals surface area contributed by atoms with Gasteiger partial charge < -0.3 is 10.8 Å². The number of aliphatic carboxylic acids is 1. The molecule has 14 heavy (non-hydrogen) atoms. The van der Waals surface area contributed by atoms with Crippen LogP contribution in [0.4, 0.5) is 0 Å². The minimum absolute atomic E-state index is 0.0311. The van der Waals surface area contributed by atoms with Crippen LogP contribution in [0.5, 0.6) is 0 Å². The van der Waals surface area contributed by atoms with Gasteiger partial charge in [0.05, 0.1) is 11.5 Å². The maximum absolute atomic E-state index is 11.2. The second-order valence-electron chi connectivity index (χ2n) is 3.75. The highest BCUT2D eigenvalue weighted by molar-refractivity contribution is 7.91. The van der Waals surface area contributed by atoms with Crippen LogP contribution in [0.2, 0.25) is 0 Å². The van der Waals surface area contributed by atoms with Gasteiger partial charge in [-0.15, -0.1) is 0 Å². The maximum atomic E-state index is 11.2. The number of hydrogen-bond acceptors (Lipinski definition) is 4. The first-order valence-corrected chi connectivity index (χ1v) is 6.40. The molecule has 0 saturated carbocycles. The Morgan fingerprint density at radius 3 is 2.50 bits per heavy atom. The summed E-state index contributed by atoms with van der Waals surface area (Å²) < 4.78 is 22.5. The van der Waals surface area contributed by atoms with Gasteiger partial charge >= 0.3 is 5.97 Å². The monoisotopic (exact) mass is 221 g/mol. The van der Waals surface area contributed by atoms with E-state index in [1.165, 1.54) is 0 Å². The van der Waals surface area contributed by atoms with Crippen LogP contribution in [0, 0.1) is 5.92 Å². The Morgan fingerprint density at radius 2 is 1.93 bits per heavy atom. The zero-order chi connectivity index (χ0) is 10.8. The first-order chi connectivity index (χ1) is 6.41. The zero-order valence-corrected chi connectivity index (χ0v) is 8.66. The molecule has 1 aliphatic heterocycles. The summed E-state index contributed by atoms with van der Waals surface area (Å²) in [6, 6.07) is -0.302. The summed E-state index contributed by atoms with van der Waals surface area (Å²) in [5.74, 6) is -0.960. The molecule has 0 aromatic heterocycles. The molecule has 82 valence electrons. The second-order valence-corrected chi connectivity index (χ2v) is 6.05. The van der Waals surface area contributed by atoms with Crippen molar-refractivity contribution in [2.75, 3.05) is 11.5 Å². The van der Waals surface area contributed by atoms with Crippen LogP contribution in [-0.2, 0) is 14.6 Å². The van der Waals surface area contributed by atoms with Gasteiger partial charge in [-0.25, -0.2) is 8.42 Å². The number of hydrogen-bond donors (Lipinski definition) is 2. The summed E-state index contributed by atoms with van der Waals surface area (Å²) in [6.07, 6.45) is 0.715. The highest BCUT2D eigenvalue weighted by Gasteiger charge is 2.28. The van der Waals surface area contributed by atoms with E-state index in [4.69, 9.17) is 10.8 Å². The number of sulfone groups is 1. The van der Waals surface area contributed by atoms with Crippen LogP contribution in [0.15, 0.2) is 0 Å². The molecule has 1 rings (SSSR count). The Kier molecular flexibility index (Phi) is 3.49. The van der Waals surface area contributed by atoms with E-state index in [1.807, 2.05) is 0 Å². The Labute approximate surface area is 83.2 Å². The van der Waals surface area contributed by atoms with E-state index in [1.54, 1.807) is 0 Å². The molecule has 0 aliphatic carbocycles. The Hall–Kier alpha value is -0.620. The molecule has 0 aromatic rings. The third-order valence-electron chi connectivity index (χ3n) is 2.60. The Morgan fingerprint density at radius 1 is 1.36 bits per heavy atom. The summed E-state index contributed by atoms with van der Waals surface area (Å²) in [5, 5.41) is 8.60. The highest BCUT2D eigenvalue weighted by atomic mass is 32.2. The molecule has 0 radical (unpaired) electrons. The van der Waals surface area contributed by atoms with Crippen LogP contribution in [-0.4, -0.2) is 37.0 Å². The highest BCUT2D eigenvalue weighted by Crippen LogP contribution is 2.21. The molecule has 0 bridgehead atoms. The Balaban J connectivity index is 2.65. The molecule has 1 saturated heterocycles. The van der Waals surface area contributed by atoms with E-state index in [2.05, 4.69) is 0 Å². The molecule has 1 heterocycles. The van der Waals surface area contributed by atoms with Gasteiger partial charge in [-0.2, -0.15) is 0 Å². The molecule has 0 spiro atoms. The van der Waals surface area contributed by atoms with Gasteiger partial charge in [-0.3, -0.25) is 4.79 Å². The van der Waals surface area contributed by atoms with E-state index in [9.17, 15) is 13.2 Å². The van der Waals surface area contributed by atoms with E-state index in [-0.39, 0.29) is 29.9 Å². The lowest BCUT2D eigenvalue weighted by Gasteiger charge is -2.17. The third kappa shape index (κ3) is 3.26. The van der Waals surface area contributed by atoms with Crippen molar-refractivity contribution in [2.45, 2.75) is 25.3 Å². The minimum Gasteiger partial charge on any atom is -0.481 e. The van der Waals surface area contributed by atoms with Crippen molar-refractivity contribution < 1.29 is 18.3 Å². The number of carboxylic acid groups (broad SMARTS) is 1. The van der Waals surface area contributed by atoms with Gasteiger partial charge in [-0.05, 0) is 18.8 Å². The van der Waals surface area contributed by atoms with Crippen molar-refractivity contribution in [3.8, 4) is 0 Å². The normalized spacial score (nSPS) is 32.1. The van der Waals surface area contributed by atoms with Gasteiger partial charge in [0.25, 0.3) is 0 Å². The van der Waals surface area contributed by atoms with E-state index < -0.39 is 15.8 Å². The number of carboxylic acids is 1. The summed E-state index contributed by atoms with van der Waals surface area (Å²) >= 11 is 0. The maximum Gasteiger partial charge on any atom is 0.303 e. The standard InChI is InChI=1S/C8H15NO4S/c9-7-2-4-14(12,13)3-1-6(7)5-8(10)11/h6-7H,1-5,9H2,(H,10,11). The molecule has 2 atom stereocenters. The molecule has 6 heteroatoms. The lowest BCUT2D eigenvalue weighted by atomic mass is 9.92. The van der Waals surface area contributed by atoms with Crippen LogP contribution in [0.3, 0.4) is 0 Å². The quantitative estimate of drug-likeness (QED) is 0.662. The predicted molar refractivity (Wildman–Crippen MR) is 51.6 cm³/mol. The van der Waals surface area contributed by atoms with Crippen LogP contribution in [0.25, 0.3) is 0 Å². The number of nitrogens with two attached hydrogens (primary N) is 1. The van der Waals surface area contributed by atoms with Crippen LogP contribution < -0.4 is 5.73 Å². The minimum atomic E-state index is -2.99. The summed E-state index contributed by atoms with van der Waals surface area (Å²) in [6.45, 7) is 0. The summed E-state index contributed by atoms with van der Waals surface area (Å²) in [4.78, 5) is 10.5. The lowest BCUT2D eigenvalue weighted by molar-refractivity contribution is -0.138. The molecule has 1 fully saturated rings. The molecular weight excluding hydrogens is 206 g/mol. The van der Waals surface area contributed by atoms with Crippen molar-refractivity contribution in [3.05, 3.63) is 0 Å². The topological polar surface area (TPSA) is 97.5 Å². The van der Waals surface area contributed by atoms with Crippen LogP contribution >= 0.6 is 0 Å². The van der Waals surface area contributed by atoms with E-state index >= 15 is 0 Å². The lowest BCUT2D eigenvalue weighted by Crippen LogP contribution is -2.31. The van der Waals surface area contributed by atoms with Gasteiger partial charge in [-0.1, -0.05) is 0 Å². The fourth-order valence-electron chi connectivity index (χ4n) is 1.68.